The maximum absolute atomic E-state index is 13.5. The Kier molecular flexibility index (Phi) is 7.29. The van der Waals surface area contributed by atoms with Crippen molar-refractivity contribution in [3.8, 4) is 0 Å². The molecule has 1 aromatic heterocycles. The standard InChI is InChI=1S/C26H35FN4S/c1-19-14-20(2)17-31(16-19)24-11-10-23(15-28-24)30-25(32)29-18-26(12-4-3-5-13-26)21-6-8-22(27)9-7-21/h6-11,15,19-20H,3-5,12-14,16-18H2,1-2H3,(H2,29,30,32)/t19-,20+. The first-order valence-corrected chi connectivity index (χ1v) is 12.4. The molecule has 6 heteroatoms. The van der Waals surface area contributed by atoms with Gasteiger partial charge in [0.2, 0.25) is 0 Å². The van der Waals surface area contributed by atoms with Gasteiger partial charge in [0, 0.05) is 25.0 Å². The number of benzene rings is 1. The van der Waals surface area contributed by atoms with E-state index in [1.807, 2.05) is 18.3 Å². The highest BCUT2D eigenvalue weighted by molar-refractivity contribution is 7.80. The summed E-state index contributed by atoms with van der Waals surface area (Å²) in [7, 11) is 0. The van der Waals surface area contributed by atoms with Gasteiger partial charge in [-0.15, -0.1) is 0 Å². The summed E-state index contributed by atoms with van der Waals surface area (Å²) in [5.74, 6) is 2.24. The predicted octanol–water partition coefficient (Wildman–Crippen LogP) is 5.89. The van der Waals surface area contributed by atoms with Gasteiger partial charge < -0.3 is 15.5 Å². The molecule has 2 aliphatic rings. The molecule has 2 fully saturated rings. The molecule has 4 rings (SSSR count). The van der Waals surface area contributed by atoms with Crippen LogP contribution in [-0.4, -0.2) is 29.7 Å². The molecule has 0 amide bonds. The highest BCUT2D eigenvalue weighted by atomic mass is 32.1. The number of hydrogen-bond donors (Lipinski definition) is 2. The van der Waals surface area contributed by atoms with Crippen molar-refractivity contribution in [3.05, 3.63) is 54.0 Å². The highest BCUT2D eigenvalue weighted by Crippen LogP contribution is 2.39. The molecule has 0 spiro atoms. The number of halogens is 1. The van der Waals surface area contributed by atoms with Crippen LogP contribution in [0.4, 0.5) is 15.9 Å². The van der Waals surface area contributed by atoms with Crippen molar-refractivity contribution >= 4 is 28.8 Å². The summed E-state index contributed by atoms with van der Waals surface area (Å²) in [6, 6.07) is 11.1. The van der Waals surface area contributed by atoms with E-state index in [0.29, 0.717) is 16.9 Å². The highest BCUT2D eigenvalue weighted by Gasteiger charge is 2.34. The van der Waals surface area contributed by atoms with E-state index in [2.05, 4.69) is 46.5 Å². The molecule has 1 aromatic carbocycles. The average Bonchev–Trinajstić information content (AvgIpc) is 2.79. The fourth-order valence-corrected chi connectivity index (χ4v) is 5.71. The van der Waals surface area contributed by atoms with Crippen LogP contribution < -0.4 is 15.5 Å². The Morgan fingerprint density at radius 3 is 2.38 bits per heavy atom. The number of aromatic nitrogens is 1. The molecule has 1 saturated carbocycles. The van der Waals surface area contributed by atoms with E-state index in [1.165, 1.54) is 31.2 Å². The van der Waals surface area contributed by atoms with Gasteiger partial charge in [-0.1, -0.05) is 45.2 Å². The SMILES string of the molecule is C[C@@H]1C[C@H](C)CN(c2ccc(NC(=S)NCC3(c4ccc(F)cc4)CCCCC3)cn2)C1. The van der Waals surface area contributed by atoms with Crippen molar-refractivity contribution in [2.24, 2.45) is 11.8 Å². The third-order valence-electron chi connectivity index (χ3n) is 7.05. The number of anilines is 2. The number of hydrogen-bond acceptors (Lipinski definition) is 3. The first-order valence-electron chi connectivity index (χ1n) is 12.0. The summed E-state index contributed by atoms with van der Waals surface area (Å²) in [6.07, 6.45) is 8.99. The van der Waals surface area contributed by atoms with E-state index >= 15 is 0 Å². The van der Waals surface area contributed by atoms with E-state index in [0.717, 1.165) is 44.0 Å². The average molecular weight is 455 g/mol. The lowest BCUT2D eigenvalue weighted by Crippen LogP contribution is -2.43. The third-order valence-corrected chi connectivity index (χ3v) is 7.30. The van der Waals surface area contributed by atoms with Crippen LogP contribution in [0.15, 0.2) is 42.6 Å². The molecule has 4 nitrogen and oxygen atoms in total. The molecule has 0 bridgehead atoms. The maximum atomic E-state index is 13.5. The van der Waals surface area contributed by atoms with Gasteiger partial charge in [-0.3, -0.25) is 0 Å². The Labute approximate surface area is 197 Å². The van der Waals surface area contributed by atoms with E-state index in [9.17, 15) is 4.39 Å². The molecule has 2 heterocycles. The topological polar surface area (TPSA) is 40.2 Å². The van der Waals surface area contributed by atoms with Crippen LogP contribution >= 0.6 is 12.2 Å². The Morgan fingerprint density at radius 2 is 1.75 bits per heavy atom. The summed E-state index contributed by atoms with van der Waals surface area (Å²) in [4.78, 5) is 7.07. The molecule has 1 aliphatic carbocycles. The number of rotatable bonds is 5. The molecule has 2 N–H and O–H groups in total. The van der Waals surface area contributed by atoms with E-state index in [4.69, 9.17) is 12.2 Å². The number of nitrogens with zero attached hydrogens (tertiary/aromatic N) is 2. The predicted molar refractivity (Wildman–Crippen MR) is 135 cm³/mol. The molecule has 2 atom stereocenters. The molecule has 2 aromatic rings. The lowest BCUT2D eigenvalue weighted by atomic mass is 9.69. The molecule has 1 aliphatic heterocycles. The van der Waals surface area contributed by atoms with Gasteiger partial charge in [-0.25, -0.2) is 9.37 Å². The van der Waals surface area contributed by atoms with Gasteiger partial charge in [0.05, 0.1) is 11.9 Å². The van der Waals surface area contributed by atoms with Crippen LogP contribution in [0.5, 0.6) is 0 Å². The van der Waals surface area contributed by atoms with E-state index in [-0.39, 0.29) is 11.2 Å². The minimum atomic E-state index is -0.186. The molecular weight excluding hydrogens is 419 g/mol. The fourth-order valence-electron chi connectivity index (χ4n) is 5.52. The van der Waals surface area contributed by atoms with Gasteiger partial charge in [0.25, 0.3) is 0 Å². The first-order chi connectivity index (χ1) is 15.4. The zero-order valence-corrected chi connectivity index (χ0v) is 20.1. The summed E-state index contributed by atoms with van der Waals surface area (Å²) in [5.41, 5.74) is 2.09. The number of thiocarbonyl (C=S) groups is 1. The Bertz CT molecular complexity index is 883. The van der Waals surface area contributed by atoms with Crippen LogP contribution in [0, 0.1) is 17.7 Å². The largest absolute Gasteiger partial charge is 0.362 e. The summed E-state index contributed by atoms with van der Waals surface area (Å²) < 4.78 is 13.5. The van der Waals surface area contributed by atoms with Crippen LogP contribution in [0.3, 0.4) is 0 Å². The fraction of sp³-hybridized carbons (Fsp3) is 0.538. The van der Waals surface area contributed by atoms with E-state index in [1.54, 1.807) is 12.1 Å². The second-order valence-corrected chi connectivity index (χ2v) is 10.3. The zero-order chi connectivity index (χ0) is 22.6. The molecule has 0 unspecified atom stereocenters. The van der Waals surface area contributed by atoms with Gasteiger partial charge in [0.15, 0.2) is 5.11 Å². The van der Waals surface area contributed by atoms with Gasteiger partial charge in [-0.05, 0) is 73.1 Å². The van der Waals surface area contributed by atoms with Gasteiger partial charge in [-0.2, -0.15) is 0 Å². The van der Waals surface area contributed by atoms with Crippen molar-refractivity contribution in [3.63, 3.8) is 0 Å². The Hall–Kier alpha value is -2.21. The second kappa shape index (κ2) is 10.2. The van der Waals surface area contributed by atoms with Gasteiger partial charge in [0.1, 0.15) is 11.6 Å². The van der Waals surface area contributed by atoms with Crippen molar-refractivity contribution in [1.29, 1.82) is 0 Å². The lowest BCUT2D eigenvalue weighted by molar-refractivity contribution is 0.292. The van der Waals surface area contributed by atoms with Gasteiger partial charge >= 0.3 is 0 Å². The van der Waals surface area contributed by atoms with Crippen LogP contribution in [0.2, 0.25) is 0 Å². The quantitative estimate of drug-likeness (QED) is 0.551. The van der Waals surface area contributed by atoms with Crippen LogP contribution in [0.25, 0.3) is 0 Å². The Morgan fingerprint density at radius 1 is 1.06 bits per heavy atom. The number of piperidine rings is 1. The third kappa shape index (κ3) is 5.58. The Balaban J connectivity index is 1.36. The molecule has 172 valence electrons. The number of pyridine rings is 1. The van der Waals surface area contributed by atoms with Crippen molar-refractivity contribution in [2.75, 3.05) is 29.9 Å². The minimum Gasteiger partial charge on any atom is -0.362 e. The summed E-state index contributed by atoms with van der Waals surface area (Å²) in [5, 5.41) is 7.32. The summed E-state index contributed by atoms with van der Waals surface area (Å²) >= 11 is 5.59. The lowest BCUT2D eigenvalue weighted by Gasteiger charge is -2.38. The van der Waals surface area contributed by atoms with E-state index < -0.39 is 0 Å². The van der Waals surface area contributed by atoms with Crippen molar-refractivity contribution in [1.82, 2.24) is 10.3 Å². The van der Waals surface area contributed by atoms with Crippen LogP contribution in [0.1, 0.15) is 57.9 Å². The van der Waals surface area contributed by atoms with Crippen molar-refractivity contribution in [2.45, 2.75) is 57.8 Å². The zero-order valence-electron chi connectivity index (χ0n) is 19.2. The molecular formula is C26H35FN4S. The maximum Gasteiger partial charge on any atom is 0.170 e. The molecule has 0 radical (unpaired) electrons. The summed E-state index contributed by atoms with van der Waals surface area (Å²) in [6.45, 7) is 7.51. The second-order valence-electron chi connectivity index (χ2n) is 9.91. The smallest absolute Gasteiger partial charge is 0.170 e. The van der Waals surface area contributed by atoms with Crippen molar-refractivity contribution < 1.29 is 4.39 Å². The normalized spacial score (nSPS) is 22.9. The first kappa shape index (κ1) is 23.0. The van der Waals surface area contributed by atoms with Crippen LogP contribution in [-0.2, 0) is 5.41 Å². The molecule has 1 saturated heterocycles. The minimum absolute atomic E-state index is 0.00143. The number of nitrogens with one attached hydrogen (secondary N) is 2. The monoisotopic (exact) mass is 454 g/mol. The molecule has 32 heavy (non-hydrogen) atoms.